The Bertz CT molecular complexity index is 946. The Morgan fingerprint density at radius 1 is 1.15 bits per heavy atom. The minimum absolute atomic E-state index is 0.131. The van der Waals surface area contributed by atoms with Gasteiger partial charge in [0.25, 0.3) is 0 Å². The molecule has 0 aliphatic carbocycles. The summed E-state index contributed by atoms with van der Waals surface area (Å²) in [7, 11) is 0. The van der Waals surface area contributed by atoms with Crippen LogP contribution < -0.4 is 5.32 Å². The molecule has 0 fully saturated rings. The van der Waals surface area contributed by atoms with E-state index in [1.807, 2.05) is 31.2 Å². The van der Waals surface area contributed by atoms with Crippen LogP contribution in [-0.4, -0.2) is 21.2 Å². The van der Waals surface area contributed by atoms with Crippen LogP contribution in [0, 0.1) is 18.6 Å². The maximum atomic E-state index is 13.3. The van der Waals surface area contributed by atoms with Crippen LogP contribution in [0.2, 0.25) is 0 Å². The van der Waals surface area contributed by atoms with E-state index < -0.39 is 16.9 Å². The van der Waals surface area contributed by atoms with Crippen LogP contribution in [0.5, 0.6) is 0 Å². The predicted octanol–water partition coefficient (Wildman–Crippen LogP) is 5.23. The van der Waals surface area contributed by atoms with Crippen molar-refractivity contribution >= 4 is 39.7 Å². The predicted molar refractivity (Wildman–Crippen MR) is 100 cm³/mol. The lowest BCUT2D eigenvalue weighted by Crippen LogP contribution is -2.13. The van der Waals surface area contributed by atoms with Gasteiger partial charge in [-0.2, -0.15) is 0 Å². The van der Waals surface area contributed by atoms with Gasteiger partial charge in [0.05, 0.1) is 5.25 Å². The van der Waals surface area contributed by atoms with E-state index in [2.05, 4.69) is 15.5 Å². The fourth-order valence-corrected chi connectivity index (χ4v) is 4.21. The molecule has 2 aromatic carbocycles. The van der Waals surface area contributed by atoms with Crippen LogP contribution in [0.4, 0.5) is 19.6 Å². The van der Waals surface area contributed by atoms with Crippen LogP contribution in [0.1, 0.15) is 22.8 Å². The number of carbonyl (C=O) groups is 1. The number of aromatic nitrogens is 2. The fraction of sp³-hybridized carbons (Fsp3) is 0.167. The number of nitrogens with one attached hydrogen (secondary N) is 1. The van der Waals surface area contributed by atoms with Crippen molar-refractivity contribution in [3.05, 3.63) is 65.2 Å². The molecular weight excluding hydrogens is 376 g/mol. The first-order valence-electron chi connectivity index (χ1n) is 7.76. The van der Waals surface area contributed by atoms with E-state index in [1.165, 1.54) is 29.2 Å². The molecule has 4 nitrogen and oxygen atoms in total. The van der Waals surface area contributed by atoms with E-state index >= 15 is 0 Å². The largest absolute Gasteiger partial charge is 0.330 e. The molecule has 134 valence electrons. The molecule has 3 rings (SSSR count). The van der Waals surface area contributed by atoms with Gasteiger partial charge in [-0.05, 0) is 43.7 Å². The molecule has 3 aromatic rings. The summed E-state index contributed by atoms with van der Waals surface area (Å²) in [5, 5.41) is 11.5. The van der Waals surface area contributed by atoms with Gasteiger partial charge < -0.3 is 5.32 Å². The molecule has 8 heteroatoms. The highest BCUT2D eigenvalue weighted by Gasteiger charge is 2.20. The van der Waals surface area contributed by atoms with Gasteiger partial charge >= 0.3 is 0 Å². The normalized spacial score (nSPS) is 12.0. The molecule has 1 aromatic heterocycles. The maximum Gasteiger partial charge on any atom is 0.210 e. The number of ketones is 1. The maximum absolute atomic E-state index is 13.3. The molecule has 0 amide bonds. The smallest absolute Gasteiger partial charge is 0.210 e. The molecule has 0 saturated carbocycles. The second-order valence-electron chi connectivity index (χ2n) is 5.57. The summed E-state index contributed by atoms with van der Waals surface area (Å²) in [6.07, 6.45) is 0. The second-order valence-corrected chi connectivity index (χ2v) is 8.13. The average molecular weight is 391 g/mol. The quantitative estimate of drug-likeness (QED) is 0.460. The summed E-state index contributed by atoms with van der Waals surface area (Å²) < 4.78 is 26.9. The Labute approximate surface area is 157 Å². The monoisotopic (exact) mass is 391 g/mol. The van der Waals surface area contributed by atoms with Crippen LogP contribution >= 0.6 is 23.1 Å². The Morgan fingerprint density at radius 3 is 2.65 bits per heavy atom. The summed E-state index contributed by atoms with van der Waals surface area (Å²) in [4.78, 5) is 12.4. The Morgan fingerprint density at radius 2 is 1.92 bits per heavy atom. The molecule has 0 bridgehead atoms. The zero-order chi connectivity index (χ0) is 18.7. The van der Waals surface area contributed by atoms with E-state index in [0.717, 1.165) is 23.4 Å². The highest BCUT2D eigenvalue weighted by molar-refractivity contribution is 8.02. The van der Waals surface area contributed by atoms with Crippen LogP contribution in [-0.2, 0) is 0 Å². The first-order valence-corrected chi connectivity index (χ1v) is 9.45. The van der Waals surface area contributed by atoms with E-state index in [-0.39, 0.29) is 11.3 Å². The SMILES string of the molecule is Cc1ccccc1Nc1nnc(S[C@@H](C)C(=O)c2ccc(F)c(F)c2)s1. The highest BCUT2D eigenvalue weighted by atomic mass is 32.2. The van der Waals surface area contributed by atoms with Gasteiger partial charge in [-0.1, -0.05) is 41.3 Å². The lowest BCUT2D eigenvalue weighted by atomic mass is 10.1. The molecule has 26 heavy (non-hydrogen) atoms. The fourth-order valence-electron chi connectivity index (χ4n) is 2.23. The number of nitrogens with zero attached hydrogens (tertiary/aromatic N) is 2. The van der Waals surface area contributed by atoms with E-state index in [0.29, 0.717) is 9.47 Å². The van der Waals surface area contributed by atoms with Crippen molar-refractivity contribution in [2.75, 3.05) is 5.32 Å². The third-order valence-electron chi connectivity index (χ3n) is 3.64. The molecule has 1 N–H and O–H groups in total. The third kappa shape index (κ3) is 4.25. The topological polar surface area (TPSA) is 54.9 Å². The lowest BCUT2D eigenvalue weighted by molar-refractivity contribution is 0.0993. The highest BCUT2D eigenvalue weighted by Crippen LogP contribution is 2.32. The Hall–Kier alpha value is -2.32. The third-order valence-corrected chi connectivity index (χ3v) is 5.67. The second kappa shape index (κ2) is 7.92. The number of carbonyl (C=O) groups excluding carboxylic acids is 1. The van der Waals surface area contributed by atoms with Crippen LogP contribution in [0.15, 0.2) is 46.8 Å². The molecule has 1 heterocycles. The van der Waals surface area contributed by atoms with Gasteiger partial charge in [0.15, 0.2) is 21.8 Å². The summed E-state index contributed by atoms with van der Waals surface area (Å²) in [6, 6.07) is 11.0. The van der Waals surface area contributed by atoms with Crippen molar-refractivity contribution in [1.82, 2.24) is 10.2 Å². The number of aryl methyl sites for hydroxylation is 1. The number of anilines is 2. The molecule has 1 atom stereocenters. The van der Waals surface area contributed by atoms with Gasteiger partial charge in [-0.25, -0.2) is 8.78 Å². The van der Waals surface area contributed by atoms with Crippen molar-refractivity contribution in [3.63, 3.8) is 0 Å². The number of hydrogen-bond donors (Lipinski definition) is 1. The molecule has 0 saturated heterocycles. The van der Waals surface area contributed by atoms with Crippen molar-refractivity contribution < 1.29 is 13.6 Å². The average Bonchev–Trinajstić information content (AvgIpc) is 3.05. The zero-order valence-electron chi connectivity index (χ0n) is 14.0. The van der Waals surface area contributed by atoms with Crippen LogP contribution in [0.3, 0.4) is 0 Å². The molecule has 0 radical (unpaired) electrons. The number of thioether (sulfide) groups is 1. The minimum atomic E-state index is -1.03. The molecule has 0 aliphatic rings. The van der Waals surface area contributed by atoms with Gasteiger partial charge in [0.1, 0.15) is 0 Å². The van der Waals surface area contributed by atoms with Gasteiger partial charge in [-0.3, -0.25) is 4.79 Å². The molecule has 0 unspecified atom stereocenters. The Kier molecular flexibility index (Phi) is 5.63. The summed E-state index contributed by atoms with van der Waals surface area (Å²) in [6.45, 7) is 3.69. The minimum Gasteiger partial charge on any atom is -0.330 e. The van der Waals surface area contributed by atoms with Crippen molar-refractivity contribution in [1.29, 1.82) is 0 Å². The lowest BCUT2D eigenvalue weighted by Gasteiger charge is -2.08. The van der Waals surface area contributed by atoms with Gasteiger partial charge in [-0.15, -0.1) is 10.2 Å². The number of Topliss-reactive ketones (excluding diaryl/α,β-unsaturated/α-hetero) is 1. The van der Waals surface area contributed by atoms with Crippen molar-refractivity contribution in [3.8, 4) is 0 Å². The van der Waals surface area contributed by atoms with E-state index in [9.17, 15) is 13.6 Å². The molecule has 0 spiro atoms. The summed E-state index contributed by atoms with van der Waals surface area (Å²) in [5.74, 6) is -2.30. The number of benzene rings is 2. The Balaban J connectivity index is 1.67. The number of hydrogen-bond acceptors (Lipinski definition) is 6. The number of halogens is 2. The van der Waals surface area contributed by atoms with Gasteiger partial charge in [0.2, 0.25) is 5.13 Å². The first kappa shape index (κ1) is 18.5. The van der Waals surface area contributed by atoms with Crippen molar-refractivity contribution in [2.45, 2.75) is 23.4 Å². The van der Waals surface area contributed by atoms with E-state index in [1.54, 1.807) is 6.92 Å². The summed E-state index contributed by atoms with van der Waals surface area (Å²) >= 11 is 2.56. The van der Waals surface area contributed by atoms with Gasteiger partial charge in [0, 0.05) is 11.3 Å². The molecule has 0 aliphatic heterocycles. The number of rotatable bonds is 6. The standard InChI is InChI=1S/C18H15F2N3OS2/c1-10-5-3-4-6-15(10)21-17-22-23-18(26-17)25-11(2)16(24)12-7-8-13(19)14(20)9-12/h3-9,11H,1-2H3,(H,21,22)/t11-/m0/s1. The number of para-hydroxylation sites is 1. The van der Waals surface area contributed by atoms with Crippen molar-refractivity contribution in [2.24, 2.45) is 0 Å². The summed E-state index contributed by atoms with van der Waals surface area (Å²) in [5.41, 5.74) is 2.15. The zero-order valence-corrected chi connectivity index (χ0v) is 15.6. The first-order chi connectivity index (χ1) is 12.4. The molecular formula is C18H15F2N3OS2. The van der Waals surface area contributed by atoms with E-state index in [4.69, 9.17) is 0 Å². The van der Waals surface area contributed by atoms with Crippen LogP contribution in [0.25, 0.3) is 0 Å².